The summed E-state index contributed by atoms with van der Waals surface area (Å²) < 4.78 is 12.0. The SMILES string of the molecule is CC(OC(C)(C)C)C(NC1(CN)CNC1)C(=O)OC(C)(C)c1ccccc1. The van der Waals surface area contributed by atoms with Crippen molar-refractivity contribution in [1.82, 2.24) is 10.6 Å². The normalized spacial score (nSPS) is 19.1. The molecule has 1 aromatic carbocycles. The Hall–Kier alpha value is -1.47. The molecule has 4 N–H and O–H groups in total. The van der Waals surface area contributed by atoms with Crippen LogP contribution in [0.5, 0.6) is 0 Å². The molecule has 1 aliphatic rings. The van der Waals surface area contributed by atoms with Gasteiger partial charge in [-0.3, -0.25) is 10.1 Å². The van der Waals surface area contributed by atoms with Crippen LogP contribution in [0.4, 0.5) is 0 Å². The van der Waals surface area contributed by atoms with Crippen LogP contribution in [0.1, 0.15) is 47.1 Å². The molecule has 0 radical (unpaired) electrons. The quantitative estimate of drug-likeness (QED) is 0.600. The predicted octanol–water partition coefficient (Wildman–Crippen LogP) is 1.93. The molecule has 1 aliphatic heterocycles. The molecule has 27 heavy (non-hydrogen) atoms. The van der Waals surface area contributed by atoms with E-state index in [4.69, 9.17) is 15.2 Å². The van der Waals surface area contributed by atoms with Crippen molar-refractivity contribution in [2.45, 2.75) is 70.4 Å². The summed E-state index contributed by atoms with van der Waals surface area (Å²) in [5, 5.41) is 6.65. The lowest BCUT2D eigenvalue weighted by atomic mass is 9.90. The third kappa shape index (κ3) is 5.75. The van der Waals surface area contributed by atoms with Crippen LogP contribution in [0.15, 0.2) is 30.3 Å². The van der Waals surface area contributed by atoms with Crippen LogP contribution in [-0.2, 0) is 19.9 Å². The monoisotopic (exact) mass is 377 g/mol. The summed E-state index contributed by atoms with van der Waals surface area (Å²) in [4.78, 5) is 13.2. The van der Waals surface area contributed by atoms with Crippen LogP contribution < -0.4 is 16.4 Å². The van der Waals surface area contributed by atoms with E-state index < -0.39 is 11.6 Å². The molecule has 2 atom stereocenters. The van der Waals surface area contributed by atoms with E-state index in [2.05, 4.69) is 10.6 Å². The molecule has 1 heterocycles. The van der Waals surface area contributed by atoms with Crippen LogP contribution in [0.3, 0.4) is 0 Å². The minimum absolute atomic E-state index is 0.309. The first-order valence-electron chi connectivity index (χ1n) is 9.63. The number of nitrogens with one attached hydrogen (secondary N) is 2. The first-order chi connectivity index (χ1) is 12.5. The summed E-state index contributed by atoms with van der Waals surface area (Å²) in [6.07, 6.45) is -0.368. The first kappa shape index (κ1) is 21.8. The minimum Gasteiger partial charge on any atom is -0.454 e. The van der Waals surface area contributed by atoms with Gasteiger partial charge in [0.05, 0.1) is 17.2 Å². The molecule has 1 saturated heterocycles. The molecule has 0 amide bonds. The van der Waals surface area contributed by atoms with Crippen molar-refractivity contribution < 1.29 is 14.3 Å². The van der Waals surface area contributed by atoms with Gasteiger partial charge in [0.25, 0.3) is 0 Å². The van der Waals surface area contributed by atoms with Crippen molar-refractivity contribution in [2.75, 3.05) is 19.6 Å². The number of carbonyl (C=O) groups is 1. The van der Waals surface area contributed by atoms with Crippen LogP contribution in [0.2, 0.25) is 0 Å². The highest BCUT2D eigenvalue weighted by molar-refractivity contribution is 5.77. The smallest absolute Gasteiger partial charge is 0.326 e. The Balaban J connectivity index is 2.19. The summed E-state index contributed by atoms with van der Waals surface area (Å²) in [5.41, 5.74) is 5.49. The molecule has 6 heteroatoms. The number of nitrogens with two attached hydrogens (primary N) is 1. The Morgan fingerprint density at radius 1 is 1.22 bits per heavy atom. The van der Waals surface area contributed by atoms with E-state index in [0.29, 0.717) is 6.54 Å². The average molecular weight is 378 g/mol. The summed E-state index contributed by atoms with van der Waals surface area (Å²) in [6, 6.07) is 9.13. The summed E-state index contributed by atoms with van der Waals surface area (Å²) in [5.74, 6) is -0.333. The van der Waals surface area contributed by atoms with Gasteiger partial charge in [0.1, 0.15) is 11.6 Å². The second kappa shape index (κ2) is 8.27. The zero-order chi connectivity index (χ0) is 20.3. The zero-order valence-corrected chi connectivity index (χ0v) is 17.5. The van der Waals surface area contributed by atoms with E-state index in [1.54, 1.807) is 0 Å². The molecular formula is C21H35N3O3. The van der Waals surface area contributed by atoms with Gasteiger partial charge >= 0.3 is 5.97 Å². The highest BCUT2D eigenvalue weighted by atomic mass is 16.6. The van der Waals surface area contributed by atoms with Gasteiger partial charge in [-0.15, -0.1) is 0 Å². The molecule has 2 unspecified atom stereocenters. The van der Waals surface area contributed by atoms with Gasteiger partial charge in [0.2, 0.25) is 0 Å². The summed E-state index contributed by atoms with van der Waals surface area (Å²) in [6.45, 7) is 13.5. The standard InChI is InChI=1S/C21H35N3O3/c1-15(26-19(2,3)4)17(24-21(12-22)13-23-14-21)18(25)27-20(5,6)16-10-8-7-9-11-16/h7-11,15,17,23-24H,12-14,22H2,1-6H3. The number of hydrogen-bond acceptors (Lipinski definition) is 6. The Labute approximate surface area is 163 Å². The number of carbonyl (C=O) groups excluding carboxylic acids is 1. The van der Waals surface area contributed by atoms with Gasteiger partial charge in [0.15, 0.2) is 0 Å². The summed E-state index contributed by atoms with van der Waals surface area (Å²) >= 11 is 0. The van der Waals surface area contributed by atoms with Gasteiger partial charge < -0.3 is 20.5 Å². The molecule has 0 spiro atoms. The zero-order valence-electron chi connectivity index (χ0n) is 17.5. The molecule has 0 aliphatic carbocycles. The predicted molar refractivity (Wildman–Crippen MR) is 107 cm³/mol. The number of esters is 1. The second-order valence-electron chi connectivity index (χ2n) is 8.94. The second-order valence-corrected chi connectivity index (χ2v) is 8.94. The highest BCUT2D eigenvalue weighted by Crippen LogP contribution is 2.26. The van der Waals surface area contributed by atoms with Crippen molar-refractivity contribution >= 4 is 5.97 Å². The maximum atomic E-state index is 13.2. The van der Waals surface area contributed by atoms with Gasteiger partial charge in [-0.25, -0.2) is 0 Å². The van der Waals surface area contributed by atoms with Crippen molar-refractivity contribution in [3.8, 4) is 0 Å². The van der Waals surface area contributed by atoms with Crippen LogP contribution in [0, 0.1) is 0 Å². The molecule has 1 aromatic rings. The van der Waals surface area contributed by atoms with E-state index >= 15 is 0 Å². The number of rotatable bonds is 8. The van der Waals surface area contributed by atoms with Crippen molar-refractivity contribution in [3.63, 3.8) is 0 Å². The Kier molecular flexibility index (Phi) is 6.68. The maximum Gasteiger partial charge on any atom is 0.326 e. The molecule has 6 nitrogen and oxygen atoms in total. The van der Waals surface area contributed by atoms with Crippen molar-refractivity contribution in [2.24, 2.45) is 5.73 Å². The van der Waals surface area contributed by atoms with E-state index in [9.17, 15) is 4.79 Å². The van der Waals surface area contributed by atoms with Crippen LogP contribution in [-0.4, -0.2) is 48.9 Å². The number of benzene rings is 1. The molecule has 0 bridgehead atoms. The Bertz CT molecular complexity index is 616. The Morgan fingerprint density at radius 3 is 2.26 bits per heavy atom. The molecular weight excluding hydrogens is 342 g/mol. The van der Waals surface area contributed by atoms with Gasteiger partial charge in [-0.05, 0) is 47.1 Å². The molecule has 152 valence electrons. The van der Waals surface area contributed by atoms with Gasteiger partial charge in [0, 0.05) is 19.6 Å². The fourth-order valence-electron chi connectivity index (χ4n) is 3.27. The molecule has 1 fully saturated rings. The Morgan fingerprint density at radius 2 is 1.81 bits per heavy atom. The fraction of sp³-hybridized carbons (Fsp3) is 0.667. The highest BCUT2D eigenvalue weighted by Gasteiger charge is 2.43. The van der Waals surface area contributed by atoms with E-state index in [1.165, 1.54) is 0 Å². The van der Waals surface area contributed by atoms with Crippen LogP contribution >= 0.6 is 0 Å². The maximum absolute atomic E-state index is 13.2. The van der Waals surface area contributed by atoms with E-state index in [0.717, 1.165) is 18.7 Å². The fourth-order valence-corrected chi connectivity index (χ4v) is 3.27. The lowest BCUT2D eigenvalue weighted by Crippen LogP contribution is -2.75. The van der Waals surface area contributed by atoms with E-state index in [1.807, 2.05) is 71.9 Å². The van der Waals surface area contributed by atoms with E-state index in [-0.39, 0.29) is 23.2 Å². The number of ether oxygens (including phenoxy) is 2. The van der Waals surface area contributed by atoms with Crippen molar-refractivity contribution in [3.05, 3.63) is 35.9 Å². The number of hydrogen-bond donors (Lipinski definition) is 3. The average Bonchev–Trinajstić information content (AvgIpc) is 2.53. The molecule has 0 aromatic heterocycles. The molecule has 2 rings (SSSR count). The van der Waals surface area contributed by atoms with Gasteiger partial charge in [-0.2, -0.15) is 0 Å². The van der Waals surface area contributed by atoms with Crippen molar-refractivity contribution in [1.29, 1.82) is 0 Å². The topological polar surface area (TPSA) is 85.6 Å². The third-order valence-electron chi connectivity index (χ3n) is 4.87. The largest absolute Gasteiger partial charge is 0.454 e. The third-order valence-corrected chi connectivity index (χ3v) is 4.87. The van der Waals surface area contributed by atoms with Gasteiger partial charge in [-0.1, -0.05) is 30.3 Å². The lowest BCUT2D eigenvalue weighted by Gasteiger charge is -2.46. The lowest BCUT2D eigenvalue weighted by molar-refractivity contribution is -0.168. The minimum atomic E-state index is -0.743. The first-order valence-corrected chi connectivity index (χ1v) is 9.63. The summed E-state index contributed by atoms with van der Waals surface area (Å²) in [7, 11) is 0. The molecule has 0 saturated carbocycles. The van der Waals surface area contributed by atoms with Crippen LogP contribution in [0.25, 0.3) is 0 Å².